The molecule has 1 aromatic heterocycles. The molecule has 2 heterocycles. The average molecular weight is 257 g/mol. The summed E-state index contributed by atoms with van der Waals surface area (Å²) in [4.78, 5) is 14.5. The van der Waals surface area contributed by atoms with Gasteiger partial charge >= 0.3 is 0 Å². The van der Waals surface area contributed by atoms with Crippen LogP contribution < -0.4 is 0 Å². The summed E-state index contributed by atoms with van der Waals surface area (Å²) in [6, 6.07) is 7.82. The Morgan fingerprint density at radius 1 is 1.26 bits per heavy atom. The quantitative estimate of drug-likeness (QED) is 0.782. The summed E-state index contributed by atoms with van der Waals surface area (Å²) in [6.07, 6.45) is 2.18. The van der Waals surface area contributed by atoms with Crippen LogP contribution in [0.5, 0.6) is 0 Å². The van der Waals surface area contributed by atoms with Crippen LogP contribution in [0.15, 0.2) is 28.7 Å². The number of para-hydroxylation sites is 1. The summed E-state index contributed by atoms with van der Waals surface area (Å²) in [6.45, 7) is 5.90. The van der Waals surface area contributed by atoms with Crippen molar-refractivity contribution in [2.45, 2.75) is 26.7 Å². The highest BCUT2D eigenvalue weighted by atomic mass is 16.3. The van der Waals surface area contributed by atoms with Gasteiger partial charge in [-0.3, -0.25) is 4.79 Å². The summed E-state index contributed by atoms with van der Waals surface area (Å²) in [5, 5.41) is 1.04. The molecule has 0 saturated carbocycles. The van der Waals surface area contributed by atoms with Gasteiger partial charge in [-0.2, -0.15) is 0 Å². The van der Waals surface area contributed by atoms with E-state index in [2.05, 4.69) is 6.92 Å². The summed E-state index contributed by atoms with van der Waals surface area (Å²) >= 11 is 0. The Hall–Kier alpha value is -1.77. The van der Waals surface area contributed by atoms with E-state index in [4.69, 9.17) is 4.42 Å². The third-order valence-corrected chi connectivity index (χ3v) is 4.11. The molecule has 0 N–H and O–H groups in total. The summed E-state index contributed by atoms with van der Waals surface area (Å²) in [7, 11) is 0. The molecule has 3 rings (SSSR count). The molecule has 2 aromatic rings. The molecule has 1 aliphatic heterocycles. The SMILES string of the molecule is Cc1c(C(=O)N2CCC(C)CC2)oc2ccccc12. The first-order valence-electron chi connectivity index (χ1n) is 6.94. The predicted molar refractivity (Wildman–Crippen MR) is 75.3 cm³/mol. The summed E-state index contributed by atoms with van der Waals surface area (Å²) in [5.74, 6) is 1.28. The maximum absolute atomic E-state index is 12.5. The number of carbonyl (C=O) groups excluding carboxylic acids is 1. The number of hydrogen-bond acceptors (Lipinski definition) is 2. The van der Waals surface area contributed by atoms with Gasteiger partial charge < -0.3 is 9.32 Å². The van der Waals surface area contributed by atoms with E-state index in [9.17, 15) is 4.79 Å². The van der Waals surface area contributed by atoms with Gasteiger partial charge in [-0.05, 0) is 31.7 Å². The van der Waals surface area contributed by atoms with Crippen LogP contribution in [0, 0.1) is 12.8 Å². The van der Waals surface area contributed by atoms with E-state index in [0.717, 1.165) is 48.4 Å². The van der Waals surface area contributed by atoms with Gasteiger partial charge in [0.1, 0.15) is 5.58 Å². The van der Waals surface area contributed by atoms with Crippen molar-refractivity contribution in [1.29, 1.82) is 0 Å². The number of aryl methyl sites for hydroxylation is 1. The molecule has 100 valence electrons. The summed E-state index contributed by atoms with van der Waals surface area (Å²) < 4.78 is 5.75. The Morgan fingerprint density at radius 2 is 1.95 bits per heavy atom. The van der Waals surface area contributed by atoms with Crippen molar-refractivity contribution >= 4 is 16.9 Å². The van der Waals surface area contributed by atoms with Gasteiger partial charge in [-0.1, -0.05) is 25.1 Å². The Bertz CT molecular complexity index is 606. The molecule has 1 aliphatic rings. The molecule has 0 bridgehead atoms. The first kappa shape index (κ1) is 12.3. The number of carbonyl (C=O) groups is 1. The standard InChI is InChI=1S/C16H19NO2/c1-11-7-9-17(10-8-11)16(18)15-12(2)13-5-3-4-6-14(13)19-15/h3-6,11H,7-10H2,1-2H3. The normalized spacial score (nSPS) is 17.1. The van der Waals surface area contributed by atoms with Crippen molar-refractivity contribution in [2.75, 3.05) is 13.1 Å². The molecule has 1 aromatic carbocycles. The zero-order valence-electron chi connectivity index (χ0n) is 11.5. The second-order valence-corrected chi connectivity index (χ2v) is 5.53. The minimum atomic E-state index is 0.0422. The predicted octanol–water partition coefficient (Wildman–Crippen LogP) is 3.61. The number of likely N-dealkylation sites (tertiary alicyclic amines) is 1. The first-order valence-corrected chi connectivity index (χ1v) is 6.94. The fraction of sp³-hybridized carbons (Fsp3) is 0.438. The number of fused-ring (bicyclic) bond motifs is 1. The molecule has 3 nitrogen and oxygen atoms in total. The van der Waals surface area contributed by atoms with Gasteiger partial charge in [0.25, 0.3) is 5.91 Å². The Labute approximate surface area is 113 Å². The maximum atomic E-state index is 12.5. The number of hydrogen-bond donors (Lipinski definition) is 0. The molecular formula is C16H19NO2. The minimum absolute atomic E-state index is 0.0422. The van der Waals surface area contributed by atoms with Crippen LogP contribution in [0.2, 0.25) is 0 Å². The van der Waals surface area contributed by atoms with E-state index in [1.807, 2.05) is 36.1 Å². The van der Waals surface area contributed by atoms with E-state index in [0.29, 0.717) is 5.76 Å². The van der Waals surface area contributed by atoms with Crippen LogP contribution in [0.4, 0.5) is 0 Å². The highest BCUT2D eigenvalue weighted by Crippen LogP contribution is 2.27. The molecule has 0 aliphatic carbocycles. The zero-order valence-corrected chi connectivity index (χ0v) is 11.5. The lowest BCUT2D eigenvalue weighted by molar-refractivity contribution is 0.0666. The Morgan fingerprint density at radius 3 is 2.63 bits per heavy atom. The minimum Gasteiger partial charge on any atom is -0.451 e. The number of nitrogens with zero attached hydrogens (tertiary/aromatic N) is 1. The van der Waals surface area contributed by atoms with Crippen molar-refractivity contribution in [3.8, 4) is 0 Å². The van der Waals surface area contributed by atoms with Crippen LogP contribution in [-0.4, -0.2) is 23.9 Å². The maximum Gasteiger partial charge on any atom is 0.289 e. The largest absolute Gasteiger partial charge is 0.451 e. The molecule has 3 heteroatoms. The summed E-state index contributed by atoms with van der Waals surface area (Å²) in [5.41, 5.74) is 1.76. The first-order chi connectivity index (χ1) is 9.16. The number of amides is 1. The highest BCUT2D eigenvalue weighted by Gasteiger charge is 2.25. The van der Waals surface area contributed by atoms with Gasteiger partial charge in [0.15, 0.2) is 5.76 Å². The Balaban J connectivity index is 1.91. The third kappa shape index (κ3) is 2.14. The molecule has 0 radical (unpaired) electrons. The number of furan rings is 1. The van der Waals surface area contributed by atoms with E-state index in [-0.39, 0.29) is 5.91 Å². The monoisotopic (exact) mass is 257 g/mol. The van der Waals surface area contributed by atoms with Crippen molar-refractivity contribution in [3.63, 3.8) is 0 Å². The molecule has 1 saturated heterocycles. The second kappa shape index (κ2) is 4.72. The number of rotatable bonds is 1. The second-order valence-electron chi connectivity index (χ2n) is 5.53. The Kier molecular flexibility index (Phi) is 3.05. The van der Waals surface area contributed by atoms with Crippen LogP contribution in [-0.2, 0) is 0 Å². The third-order valence-electron chi connectivity index (χ3n) is 4.11. The van der Waals surface area contributed by atoms with Gasteiger partial charge in [-0.15, -0.1) is 0 Å². The number of benzene rings is 1. The van der Waals surface area contributed by atoms with Crippen molar-refractivity contribution in [2.24, 2.45) is 5.92 Å². The molecular weight excluding hydrogens is 238 g/mol. The molecule has 0 spiro atoms. The molecule has 0 unspecified atom stereocenters. The van der Waals surface area contributed by atoms with Crippen LogP contribution in [0.25, 0.3) is 11.0 Å². The lowest BCUT2D eigenvalue weighted by atomic mass is 9.99. The highest BCUT2D eigenvalue weighted by molar-refractivity contribution is 5.98. The van der Waals surface area contributed by atoms with Crippen molar-refractivity contribution in [1.82, 2.24) is 4.90 Å². The fourth-order valence-corrected chi connectivity index (χ4v) is 2.73. The van der Waals surface area contributed by atoms with Crippen molar-refractivity contribution < 1.29 is 9.21 Å². The van der Waals surface area contributed by atoms with E-state index in [1.54, 1.807) is 0 Å². The van der Waals surface area contributed by atoms with Crippen LogP contribution in [0.3, 0.4) is 0 Å². The van der Waals surface area contributed by atoms with E-state index < -0.39 is 0 Å². The van der Waals surface area contributed by atoms with Gasteiger partial charge in [0.2, 0.25) is 0 Å². The average Bonchev–Trinajstić information content (AvgIpc) is 2.77. The molecule has 1 amide bonds. The smallest absolute Gasteiger partial charge is 0.289 e. The van der Waals surface area contributed by atoms with Crippen LogP contribution >= 0.6 is 0 Å². The molecule has 0 atom stereocenters. The van der Waals surface area contributed by atoms with Crippen LogP contribution in [0.1, 0.15) is 35.9 Å². The molecule has 19 heavy (non-hydrogen) atoms. The van der Waals surface area contributed by atoms with Gasteiger partial charge in [0, 0.05) is 24.0 Å². The van der Waals surface area contributed by atoms with E-state index >= 15 is 0 Å². The van der Waals surface area contributed by atoms with E-state index in [1.165, 1.54) is 0 Å². The topological polar surface area (TPSA) is 33.5 Å². The number of piperidine rings is 1. The van der Waals surface area contributed by atoms with Crippen molar-refractivity contribution in [3.05, 3.63) is 35.6 Å². The fourth-order valence-electron chi connectivity index (χ4n) is 2.73. The lowest BCUT2D eigenvalue weighted by Crippen LogP contribution is -2.38. The van der Waals surface area contributed by atoms with Gasteiger partial charge in [0.05, 0.1) is 0 Å². The lowest BCUT2D eigenvalue weighted by Gasteiger charge is -2.29. The van der Waals surface area contributed by atoms with Gasteiger partial charge in [-0.25, -0.2) is 0 Å². The zero-order chi connectivity index (χ0) is 13.4. The molecule has 1 fully saturated rings.